The van der Waals surface area contributed by atoms with Gasteiger partial charge in [-0.1, -0.05) is 6.07 Å². The number of carbonyl (C=O) groups is 1. The molecule has 0 radical (unpaired) electrons. The molecule has 0 saturated heterocycles. The molecule has 110 valence electrons. The van der Waals surface area contributed by atoms with E-state index < -0.39 is 5.82 Å². The van der Waals surface area contributed by atoms with Crippen LogP contribution in [0.15, 0.2) is 30.3 Å². The second-order valence-corrected chi connectivity index (χ2v) is 4.24. The van der Waals surface area contributed by atoms with Crippen LogP contribution >= 0.6 is 0 Å². The molecule has 0 atom stereocenters. The lowest BCUT2D eigenvalue weighted by atomic mass is 10.0. The van der Waals surface area contributed by atoms with Gasteiger partial charge >= 0.3 is 0 Å². The molecule has 0 bridgehead atoms. The molecule has 0 aliphatic rings. The molecule has 0 heterocycles. The highest BCUT2D eigenvalue weighted by atomic mass is 19.1. The van der Waals surface area contributed by atoms with Crippen LogP contribution in [0.25, 0.3) is 11.1 Å². The highest BCUT2D eigenvalue weighted by Gasteiger charge is 2.17. The summed E-state index contributed by atoms with van der Waals surface area (Å²) in [6.45, 7) is 0. The first-order valence-corrected chi connectivity index (χ1v) is 6.20. The van der Waals surface area contributed by atoms with Crippen LogP contribution in [0, 0.1) is 5.82 Å². The van der Waals surface area contributed by atoms with Crippen LogP contribution in [0.3, 0.4) is 0 Å². The van der Waals surface area contributed by atoms with Crippen LogP contribution < -0.4 is 14.2 Å². The summed E-state index contributed by atoms with van der Waals surface area (Å²) in [5, 5.41) is 0. The van der Waals surface area contributed by atoms with Crippen molar-refractivity contribution in [2.24, 2.45) is 0 Å². The van der Waals surface area contributed by atoms with E-state index in [2.05, 4.69) is 0 Å². The Morgan fingerprint density at radius 1 is 0.952 bits per heavy atom. The van der Waals surface area contributed by atoms with Gasteiger partial charge in [-0.2, -0.15) is 0 Å². The zero-order valence-corrected chi connectivity index (χ0v) is 12.0. The maximum Gasteiger partial charge on any atom is 0.203 e. The largest absolute Gasteiger partial charge is 0.493 e. The highest BCUT2D eigenvalue weighted by Crippen LogP contribution is 2.44. The Morgan fingerprint density at radius 3 is 2.19 bits per heavy atom. The lowest BCUT2D eigenvalue weighted by Gasteiger charge is -2.16. The number of methoxy groups -OCH3 is 3. The molecule has 0 aliphatic heterocycles. The van der Waals surface area contributed by atoms with E-state index in [0.717, 1.165) is 0 Å². The molecule has 0 amide bonds. The summed E-state index contributed by atoms with van der Waals surface area (Å²) in [6.07, 6.45) is 0.477. The molecule has 0 fully saturated rings. The summed E-state index contributed by atoms with van der Waals surface area (Å²) in [6, 6.07) is 7.82. The topological polar surface area (TPSA) is 44.8 Å². The minimum absolute atomic E-state index is 0.0122. The molecule has 5 heteroatoms. The minimum Gasteiger partial charge on any atom is -0.493 e. The van der Waals surface area contributed by atoms with Gasteiger partial charge in [-0.15, -0.1) is 0 Å². The predicted molar refractivity (Wildman–Crippen MR) is 76.9 cm³/mol. The molecule has 4 nitrogen and oxygen atoms in total. The van der Waals surface area contributed by atoms with Gasteiger partial charge in [0, 0.05) is 5.56 Å². The van der Waals surface area contributed by atoms with E-state index in [1.165, 1.54) is 33.5 Å². The Kier molecular flexibility index (Phi) is 4.42. The van der Waals surface area contributed by atoms with Gasteiger partial charge in [-0.3, -0.25) is 4.79 Å². The van der Waals surface area contributed by atoms with Crippen molar-refractivity contribution in [1.82, 2.24) is 0 Å². The third-order valence-electron chi connectivity index (χ3n) is 3.14. The summed E-state index contributed by atoms with van der Waals surface area (Å²) in [4.78, 5) is 10.7. The van der Waals surface area contributed by atoms with Crippen LogP contribution in [0.5, 0.6) is 17.2 Å². The first-order chi connectivity index (χ1) is 10.2. The number of carbonyl (C=O) groups excluding carboxylic acids is 1. The SMILES string of the molecule is COc1ccc(-c2ccc(C=O)c(F)c2)c(OC)c1OC. The van der Waals surface area contributed by atoms with Gasteiger partial charge in [0.1, 0.15) is 5.82 Å². The minimum atomic E-state index is -0.584. The van der Waals surface area contributed by atoms with Crippen molar-refractivity contribution in [3.05, 3.63) is 41.7 Å². The molecular formula is C16H15FO4. The van der Waals surface area contributed by atoms with Crippen LogP contribution in [-0.4, -0.2) is 27.6 Å². The molecule has 0 unspecified atom stereocenters. The molecule has 0 spiro atoms. The summed E-state index contributed by atoms with van der Waals surface area (Å²) in [5.41, 5.74) is 1.24. The van der Waals surface area contributed by atoms with Crippen LogP contribution in [0.1, 0.15) is 10.4 Å². The third-order valence-corrected chi connectivity index (χ3v) is 3.14. The van der Waals surface area contributed by atoms with E-state index >= 15 is 0 Å². The van der Waals surface area contributed by atoms with Gasteiger partial charge in [-0.05, 0) is 29.8 Å². The van der Waals surface area contributed by atoms with Crippen molar-refractivity contribution in [2.45, 2.75) is 0 Å². The van der Waals surface area contributed by atoms with Gasteiger partial charge < -0.3 is 14.2 Å². The van der Waals surface area contributed by atoms with Crippen molar-refractivity contribution >= 4 is 6.29 Å². The van der Waals surface area contributed by atoms with Crippen molar-refractivity contribution in [3.8, 4) is 28.4 Å². The summed E-state index contributed by atoms with van der Waals surface area (Å²) in [5.74, 6) is 0.801. The number of benzene rings is 2. The average Bonchev–Trinajstić information content (AvgIpc) is 2.52. The van der Waals surface area contributed by atoms with Gasteiger partial charge in [-0.25, -0.2) is 4.39 Å². The zero-order valence-electron chi connectivity index (χ0n) is 12.0. The normalized spacial score (nSPS) is 10.1. The van der Waals surface area contributed by atoms with E-state index in [1.807, 2.05) is 0 Å². The zero-order chi connectivity index (χ0) is 15.4. The predicted octanol–water partition coefficient (Wildman–Crippen LogP) is 3.33. The fraction of sp³-hybridized carbons (Fsp3) is 0.188. The molecule has 2 rings (SSSR count). The van der Waals surface area contributed by atoms with Crippen molar-refractivity contribution in [2.75, 3.05) is 21.3 Å². The van der Waals surface area contributed by atoms with Crippen LogP contribution in [0.2, 0.25) is 0 Å². The van der Waals surface area contributed by atoms with Gasteiger partial charge in [0.2, 0.25) is 5.75 Å². The van der Waals surface area contributed by atoms with Crippen molar-refractivity contribution < 1.29 is 23.4 Å². The Hall–Kier alpha value is -2.56. The summed E-state index contributed by atoms with van der Waals surface area (Å²) < 4.78 is 29.6. The monoisotopic (exact) mass is 290 g/mol. The van der Waals surface area contributed by atoms with E-state index in [1.54, 1.807) is 18.2 Å². The lowest BCUT2D eigenvalue weighted by molar-refractivity contribution is 0.112. The molecule has 2 aromatic carbocycles. The van der Waals surface area contributed by atoms with E-state index in [-0.39, 0.29) is 5.56 Å². The quantitative estimate of drug-likeness (QED) is 0.792. The average molecular weight is 290 g/mol. The number of hydrogen-bond acceptors (Lipinski definition) is 4. The second-order valence-electron chi connectivity index (χ2n) is 4.24. The Balaban J connectivity index is 2.63. The van der Waals surface area contributed by atoms with Gasteiger partial charge in [0.05, 0.1) is 26.9 Å². The second kappa shape index (κ2) is 6.26. The number of hydrogen-bond donors (Lipinski definition) is 0. The van der Waals surface area contributed by atoms with Crippen molar-refractivity contribution in [1.29, 1.82) is 0 Å². The smallest absolute Gasteiger partial charge is 0.203 e. The highest BCUT2D eigenvalue weighted by molar-refractivity contribution is 5.80. The number of ether oxygens (including phenoxy) is 3. The Morgan fingerprint density at radius 2 is 1.67 bits per heavy atom. The Labute approximate surface area is 122 Å². The fourth-order valence-electron chi connectivity index (χ4n) is 2.12. The molecule has 2 aromatic rings. The molecule has 0 N–H and O–H groups in total. The van der Waals surface area contributed by atoms with E-state index in [4.69, 9.17) is 14.2 Å². The maximum absolute atomic E-state index is 13.8. The molecular weight excluding hydrogens is 275 g/mol. The molecule has 0 aromatic heterocycles. The summed E-state index contributed by atoms with van der Waals surface area (Å²) in [7, 11) is 4.52. The van der Waals surface area contributed by atoms with Crippen LogP contribution in [-0.2, 0) is 0 Å². The summed E-state index contributed by atoms with van der Waals surface area (Å²) >= 11 is 0. The molecule has 0 aliphatic carbocycles. The Bertz CT molecular complexity index is 668. The maximum atomic E-state index is 13.8. The van der Waals surface area contributed by atoms with Crippen LogP contribution in [0.4, 0.5) is 4.39 Å². The number of halogens is 1. The van der Waals surface area contributed by atoms with E-state index in [9.17, 15) is 9.18 Å². The first-order valence-electron chi connectivity index (χ1n) is 6.20. The van der Waals surface area contributed by atoms with E-state index in [0.29, 0.717) is 34.7 Å². The molecule has 0 saturated carbocycles. The van der Waals surface area contributed by atoms with Crippen molar-refractivity contribution in [3.63, 3.8) is 0 Å². The lowest BCUT2D eigenvalue weighted by Crippen LogP contribution is -1.97. The first kappa shape index (κ1) is 14.8. The standard InChI is InChI=1S/C16H15FO4/c1-19-14-7-6-12(15(20-2)16(14)21-3)10-4-5-11(9-18)13(17)8-10/h4-9H,1-3H3. The number of rotatable bonds is 5. The number of aldehydes is 1. The third kappa shape index (κ3) is 2.67. The fourth-order valence-corrected chi connectivity index (χ4v) is 2.12. The van der Waals surface area contributed by atoms with Gasteiger partial charge in [0.15, 0.2) is 17.8 Å². The molecule has 21 heavy (non-hydrogen) atoms. The van der Waals surface area contributed by atoms with Gasteiger partial charge in [0.25, 0.3) is 0 Å².